The van der Waals surface area contributed by atoms with E-state index in [1.807, 2.05) is 0 Å². The Morgan fingerprint density at radius 2 is 2.44 bits per heavy atom. The van der Waals surface area contributed by atoms with Crippen molar-refractivity contribution in [3.63, 3.8) is 0 Å². The van der Waals surface area contributed by atoms with Crippen LogP contribution in [-0.4, -0.2) is 16.1 Å². The minimum absolute atomic E-state index is 0.0191. The molecule has 1 unspecified atom stereocenters. The van der Waals surface area contributed by atoms with E-state index in [4.69, 9.17) is 0 Å². The van der Waals surface area contributed by atoms with Gasteiger partial charge in [-0.05, 0) is 6.92 Å². The van der Waals surface area contributed by atoms with Crippen molar-refractivity contribution >= 4 is 37.8 Å². The quantitative estimate of drug-likeness (QED) is 0.762. The van der Waals surface area contributed by atoms with E-state index < -0.39 is 0 Å². The molecular weight excluding hydrogens is 250 g/mol. The van der Waals surface area contributed by atoms with Gasteiger partial charge in [0.05, 0.1) is 0 Å². The maximum absolute atomic E-state index is 10.8. The van der Waals surface area contributed by atoms with E-state index in [-0.39, 0.29) is 10.7 Å². The molecule has 0 fully saturated rings. The number of hydrogen-bond donors (Lipinski definition) is 1. The van der Waals surface area contributed by atoms with Gasteiger partial charge in [-0.3, -0.25) is 4.79 Å². The molecule has 9 heavy (non-hydrogen) atoms. The Labute approximate surface area is 71.6 Å². The average molecular weight is 258 g/mol. The molecule has 0 bridgehead atoms. The van der Waals surface area contributed by atoms with Gasteiger partial charge in [-0.15, -0.1) is 0 Å². The van der Waals surface area contributed by atoms with Gasteiger partial charge in [-0.1, -0.05) is 31.9 Å². The van der Waals surface area contributed by atoms with Crippen LogP contribution >= 0.6 is 31.9 Å². The monoisotopic (exact) mass is 256 g/mol. The molecule has 1 N–H and O–H groups in total. The van der Waals surface area contributed by atoms with Crippen LogP contribution in [0.25, 0.3) is 0 Å². The highest BCUT2D eigenvalue weighted by atomic mass is 79.9. The van der Waals surface area contributed by atoms with Crippen LogP contribution in [0.15, 0.2) is 0 Å². The van der Waals surface area contributed by atoms with Crippen LogP contribution in [-0.2, 0) is 4.79 Å². The summed E-state index contributed by atoms with van der Waals surface area (Å²) in [7, 11) is 0. The normalized spacial score (nSPS) is 12.8. The summed E-state index contributed by atoms with van der Waals surface area (Å²) < 4.78 is 0. The Bertz CT molecular complexity index is 97.0. The predicted octanol–water partition coefficient (Wildman–Crippen LogP) is 1.44. The molecule has 0 aliphatic carbocycles. The van der Waals surface area contributed by atoms with Crippen molar-refractivity contribution in [1.82, 2.24) is 5.32 Å². The summed E-state index contributed by atoms with van der Waals surface area (Å²) in [5.41, 5.74) is 0. The molecule has 1 radical (unpaired) electrons. The molecule has 0 aromatic heterocycles. The van der Waals surface area contributed by atoms with Gasteiger partial charge < -0.3 is 5.32 Å². The summed E-state index contributed by atoms with van der Waals surface area (Å²) in [5, 5.41) is 3.19. The second kappa shape index (κ2) is 5.23. The zero-order valence-electron chi connectivity index (χ0n) is 5.03. The zero-order valence-corrected chi connectivity index (χ0v) is 8.20. The molecule has 0 aliphatic rings. The van der Waals surface area contributed by atoms with Crippen molar-refractivity contribution in [2.45, 2.75) is 11.8 Å². The fourth-order valence-corrected chi connectivity index (χ4v) is 0.729. The van der Waals surface area contributed by atoms with E-state index in [0.29, 0.717) is 5.33 Å². The lowest BCUT2D eigenvalue weighted by Crippen LogP contribution is -2.29. The van der Waals surface area contributed by atoms with Crippen LogP contribution in [0.2, 0.25) is 0 Å². The van der Waals surface area contributed by atoms with Crippen molar-refractivity contribution in [2.75, 3.05) is 5.33 Å². The van der Waals surface area contributed by atoms with Crippen LogP contribution in [0.3, 0.4) is 0 Å². The smallest absolute Gasteiger partial charge is 0.234 e. The second-order valence-electron chi connectivity index (χ2n) is 1.42. The largest absolute Gasteiger partial charge is 0.351 e. The van der Waals surface area contributed by atoms with Crippen molar-refractivity contribution in [3.05, 3.63) is 6.54 Å². The average Bonchev–Trinajstić information content (AvgIpc) is 1.87. The van der Waals surface area contributed by atoms with Crippen LogP contribution in [0, 0.1) is 6.54 Å². The predicted molar refractivity (Wildman–Crippen MR) is 44.6 cm³/mol. The highest BCUT2D eigenvalue weighted by Gasteiger charge is 2.10. The third kappa shape index (κ3) is 3.92. The molecule has 0 saturated heterocycles. The van der Waals surface area contributed by atoms with Gasteiger partial charge >= 0.3 is 0 Å². The van der Waals surface area contributed by atoms with Gasteiger partial charge in [0.2, 0.25) is 5.91 Å². The number of carbonyl (C=O) groups excluding carboxylic acids is 1. The number of carbonyl (C=O) groups is 1. The van der Waals surface area contributed by atoms with Crippen molar-refractivity contribution < 1.29 is 4.79 Å². The first-order valence-electron chi connectivity index (χ1n) is 2.50. The molecule has 2 nitrogen and oxygen atoms in total. The molecule has 0 aromatic carbocycles. The van der Waals surface area contributed by atoms with E-state index in [1.165, 1.54) is 0 Å². The lowest BCUT2D eigenvalue weighted by atomic mass is 10.4. The molecule has 1 atom stereocenters. The number of amides is 1. The van der Waals surface area contributed by atoms with Crippen LogP contribution in [0.4, 0.5) is 0 Å². The topological polar surface area (TPSA) is 29.1 Å². The minimum Gasteiger partial charge on any atom is -0.351 e. The van der Waals surface area contributed by atoms with Crippen molar-refractivity contribution in [3.8, 4) is 0 Å². The fraction of sp³-hybridized carbons (Fsp3) is 0.600. The number of rotatable bonds is 3. The van der Waals surface area contributed by atoms with Gasteiger partial charge in [0.1, 0.15) is 4.83 Å². The molecule has 53 valence electrons. The van der Waals surface area contributed by atoms with Crippen LogP contribution < -0.4 is 5.32 Å². The van der Waals surface area contributed by atoms with Crippen LogP contribution in [0.1, 0.15) is 6.92 Å². The maximum Gasteiger partial charge on any atom is 0.234 e. The number of hydrogen-bond acceptors (Lipinski definition) is 1. The fourth-order valence-electron chi connectivity index (χ4n) is 0.303. The SMILES string of the molecule is C[CH]NC(=O)C(Br)CBr. The van der Waals surface area contributed by atoms with E-state index in [0.717, 1.165) is 0 Å². The number of halogens is 2. The molecule has 0 saturated carbocycles. The molecule has 4 heteroatoms. The standard InChI is InChI=1S/C5H8Br2NO/c1-2-8-5(9)4(7)3-6/h2,4H,3H2,1H3,(H,8,9). The number of alkyl halides is 2. The minimum atomic E-state index is -0.131. The molecule has 0 aliphatic heterocycles. The van der Waals surface area contributed by atoms with Gasteiger partial charge in [0.15, 0.2) is 0 Å². The lowest BCUT2D eigenvalue weighted by Gasteiger charge is -2.03. The Balaban J connectivity index is 3.46. The molecule has 0 rings (SSSR count). The first-order chi connectivity index (χ1) is 4.22. The van der Waals surface area contributed by atoms with Crippen molar-refractivity contribution in [1.29, 1.82) is 0 Å². The van der Waals surface area contributed by atoms with Gasteiger partial charge in [0, 0.05) is 11.9 Å². The van der Waals surface area contributed by atoms with Crippen LogP contribution in [0.5, 0.6) is 0 Å². The highest BCUT2D eigenvalue weighted by molar-refractivity contribution is 9.12. The Kier molecular flexibility index (Phi) is 5.48. The van der Waals surface area contributed by atoms with Crippen molar-refractivity contribution in [2.24, 2.45) is 0 Å². The van der Waals surface area contributed by atoms with E-state index in [9.17, 15) is 4.79 Å². The lowest BCUT2D eigenvalue weighted by molar-refractivity contribution is -0.119. The summed E-state index contributed by atoms with van der Waals surface area (Å²) >= 11 is 6.33. The molecule has 0 aromatic rings. The highest BCUT2D eigenvalue weighted by Crippen LogP contribution is 2.02. The Morgan fingerprint density at radius 3 is 2.78 bits per heavy atom. The summed E-state index contributed by atoms with van der Waals surface area (Å²) in [4.78, 5) is 10.6. The Morgan fingerprint density at radius 1 is 1.89 bits per heavy atom. The van der Waals surface area contributed by atoms with Gasteiger partial charge in [-0.25, -0.2) is 0 Å². The second-order valence-corrected chi connectivity index (χ2v) is 3.17. The first-order valence-corrected chi connectivity index (χ1v) is 4.54. The summed E-state index contributed by atoms with van der Waals surface area (Å²) in [6.45, 7) is 3.38. The third-order valence-corrected chi connectivity index (χ3v) is 2.96. The summed E-state index contributed by atoms with van der Waals surface area (Å²) in [6.07, 6.45) is 0. The number of nitrogens with one attached hydrogen (secondary N) is 1. The van der Waals surface area contributed by atoms with Gasteiger partial charge in [0.25, 0.3) is 0 Å². The summed E-state index contributed by atoms with van der Waals surface area (Å²) in [5.74, 6) is -0.0191. The maximum atomic E-state index is 10.8. The third-order valence-electron chi connectivity index (χ3n) is 0.707. The van der Waals surface area contributed by atoms with E-state index in [1.54, 1.807) is 13.5 Å². The molecular formula is C5H8Br2NO. The van der Waals surface area contributed by atoms with E-state index >= 15 is 0 Å². The van der Waals surface area contributed by atoms with E-state index in [2.05, 4.69) is 37.2 Å². The molecule has 0 heterocycles. The van der Waals surface area contributed by atoms with Gasteiger partial charge in [-0.2, -0.15) is 0 Å². The zero-order chi connectivity index (χ0) is 7.28. The first kappa shape index (κ1) is 9.43. The molecule has 1 amide bonds. The molecule has 0 spiro atoms. The summed E-state index contributed by atoms with van der Waals surface area (Å²) in [6, 6.07) is 0. The Hall–Kier alpha value is 0.430.